The summed E-state index contributed by atoms with van der Waals surface area (Å²) in [7, 11) is 0. The molecule has 0 saturated carbocycles. The molecule has 1 heterocycles. The SMILES string of the molecule is C#CCOc1ccccc1CNCCc1ncno1. The van der Waals surface area contributed by atoms with Crippen molar-refractivity contribution >= 4 is 0 Å². The van der Waals surface area contributed by atoms with Crippen LogP contribution in [0.2, 0.25) is 0 Å². The average Bonchev–Trinajstić information content (AvgIpc) is 2.95. The monoisotopic (exact) mass is 257 g/mol. The molecule has 0 aliphatic carbocycles. The van der Waals surface area contributed by atoms with E-state index in [1.54, 1.807) is 0 Å². The number of nitrogens with zero attached hydrogens (tertiary/aromatic N) is 2. The molecule has 0 amide bonds. The Morgan fingerprint density at radius 3 is 3.05 bits per heavy atom. The van der Waals surface area contributed by atoms with E-state index in [0.29, 0.717) is 18.9 Å². The van der Waals surface area contributed by atoms with E-state index in [2.05, 4.69) is 21.4 Å². The third kappa shape index (κ3) is 4.12. The number of terminal acetylenes is 1. The lowest BCUT2D eigenvalue weighted by molar-refractivity contribution is 0.363. The topological polar surface area (TPSA) is 60.2 Å². The van der Waals surface area contributed by atoms with Gasteiger partial charge in [0.15, 0.2) is 6.33 Å². The second kappa shape index (κ2) is 7.19. The summed E-state index contributed by atoms with van der Waals surface area (Å²) < 4.78 is 10.4. The quantitative estimate of drug-likeness (QED) is 0.600. The summed E-state index contributed by atoms with van der Waals surface area (Å²) in [5.74, 6) is 3.90. The molecule has 5 nitrogen and oxygen atoms in total. The maximum absolute atomic E-state index is 5.47. The highest BCUT2D eigenvalue weighted by Crippen LogP contribution is 2.17. The second-order valence-corrected chi connectivity index (χ2v) is 3.86. The minimum atomic E-state index is 0.277. The Balaban J connectivity index is 1.80. The Morgan fingerprint density at radius 1 is 1.37 bits per heavy atom. The van der Waals surface area contributed by atoms with Gasteiger partial charge in [0, 0.05) is 25.1 Å². The molecule has 5 heteroatoms. The predicted molar refractivity (Wildman–Crippen MR) is 70.5 cm³/mol. The molecular formula is C14H15N3O2. The number of aromatic nitrogens is 2. The van der Waals surface area contributed by atoms with E-state index >= 15 is 0 Å². The van der Waals surface area contributed by atoms with E-state index in [9.17, 15) is 0 Å². The summed E-state index contributed by atoms with van der Waals surface area (Å²) >= 11 is 0. The van der Waals surface area contributed by atoms with Crippen LogP contribution in [0.15, 0.2) is 35.1 Å². The zero-order valence-corrected chi connectivity index (χ0v) is 10.5. The van der Waals surface area contributed by atoms with Gasteiger partial charge in [-0.1, -0.05) is 29.3 Å². The van der Waals surface area contributed by atoms with Gasteiger partial charge in [0.05, 0.1) is 0 Å². The van der Waals surface area contributed by atoms with Gasteiger partial charge in [0.25, 0.3) is 0 Å². The largest absolute Gasteiger partial charge is 0.481 e. The van der Waals surface area contributed by atoms with Gasteiger partial charge in [-0.3, -0.25) is 0 Å². The van der Waals surface area contributed by atoms with Gasteiger partial charge >= 0.3 is 0 Å². The van der Waals surface area contributed by atoms with Crippen LogP contribution in [0.25, 0.3) is 0 Å². The Kier molecular flexibility index (Phi) is 4.96. The van der Waals surface area contributed by atoms with Gasteiger partial charge < -0.3 is 14.6 Å². The number of rotatable bonds is 7. The fraction of sp³-hybridized carbons (Fsp3) is 0.286. The van der Waals surface area contributed by atoms with Crippen LogP contribution in [0.5, 0.6) is 5.75 Å². The molecule has 0 aliphatic rings. The molecule has 0 saturated heterocycles. The van der Waals surface area contributed by atoms with Crippen molar-refractivity contribution in [1.29, 1.82) is 0 Å². The van der Waals surface area contributed by atoms with Crippen LogP contribution >= 0.6 is 0 Å². The average molecular weight is 257 g/mol. The minimum Gasteiger partial charge on any atom is -0.481 e. The van der Waals surface area contributed by atoms with Crippen LogP contribution in [0.1, 0.15) is 11.5 Å². The summed E-state index contributed by atoms with van der Waals surface area (Å²) in [6, 6.07) is 7.81. The molecule has 0 aliphatic heterocycles. The van der Waals surface area contributed by atoms with E-state index in [-0.39, 0.29) is 6.61 Å². The molecule has 19 heavy (non-hydrogen) atoms. The van der Waals surface area contributed by atoms with Crippen LogP contribution < -0.4 is 10.1 Å². The molecule has 98 valence electrons. The summed E-state index contributed by atoms with van der Waals surface area (Å²) in [4.78, 5) is 3.95. The van der Waals surface area contributed by atoms with Crippen LogP contribution in [0, 0.1) is 12.3 Å². The van der Waals surface area contributed by atoms with Crippen molar-refractivity contribution in [3.05, 3.63) is 42.0 Å². The van der Waals surface area contributed by atoms with Crippen molar-refractivity contribution in [3.8, 4) is 18.1 Å². The van der Waals surface area contributed by atoms with Crippen molar-refractivity contribution < 1.29 is 9.26 Å². The Labute approximate surface area is 112 Å². The third-order valence-corrected chi connectivity index (χ3v) is 2.52. The van der Waals surface area contributed by atoms with Crippen LogP contribution in [-0.2, 0) is 13.0 Å². The molecular weight excluding hydrogens is 242 g/mol. The smallest absolute Gasteiger partial charge is 0.227 e. The van der Waals surface area contributed by atoms with Crippen molar-refractivity contribution in [3.63, 3.8) is 0 Å². The van der Waals surface area contributed by atoms with Gasteiger partial charge in [-0.05, 0) is 6.07 Å². The highest BCUT2D eigenvalue weighted by Gasteiger charge is 2.03. The van der Waals surface area contributed by atoms with Gasteiger partial charge in [-0.15, -0.1) is 6.42 Å². The first-order chi connectivity index (χ1) is 9.40. The van der Waals surface area contributed by atoms with E-state index in [1.807, 2.05) is 24.3 Å². The Bertz CT molecular complexity index is 532. The van der Waals surface area contributed by atoms with Crippen LogP contribution in [0.3, 0.4) is 0 Å². The fourth-order valence-electron chi connectivity index (χ4n) is 1.63. The van der Waals surface area contributed by atoms with E-state index in [1.165, 1.54) is 6.33 Å². The number of hydrogen-bond donors (Lipinski definition) is 1. The highest BCUT2D eigenvalue weighted by molar-refractivity contribution is 5.33. The maximum Gasteiger partial charge on any atom is 0.227 e. The number of ether oxygens (including phenoxy) is 1. The lowest BCUT2D eigenvalue weighted by Gasteiger charge is -2.09. The molecule has 0 fully saturated rings. The van der Waals surface area contributed by atoms with E-state index in [4.69, 9.17) is 15.7 Å². The zero-order valence-electron chi connectivity index (χ0n) is 10.5. The van der Waals surface area contributed by atoms with Gasteiger partial charge in [0.1, 0.15) is 12.4 Å². The minimum absolute atomic E-state index is 0.277. The number of hydrogen-bond acceptors (Lipinski definition) is 5. The first-order valence-corrected chi connectivity index (χ1v) is 6.00. The van der Waals surface area contributed by atoms with Crippen molar-refractivity contribution in [1.82, 2.24) is 15.5 Å². The number of nitrogens with one attached hydrogen (secondary N) is 1. The summed E-state index contributed by atoms with van der Waals surface area (Å²) in [6.07, 6.45) is 7.29. The molecule has 2 rings (SSSR count). The summed E-state index contributed by atoms with van der Waals surface area (Å²) in [5.41, 5.74) is 1.07. The second-order valence-electron chi connectivity index (χ2n) is 3.86. The number of para-hydroxylation sites is 1. The molecule has 0 radical (unpaired) electrons. The Morgan fingerprint density at radius 2 is 2.26 bits per heavy atom. The van der Waals surface area contributed by atoms with Crippen molar-refractivity contribution in [2.75, 3.05) is 13.2 Å². The molecule has 1 aromatic heterocycles. The third-order valence-electron chi connectivity index (χ3n) is 2.52. The summed E-state index contributed by atoms with van der Waals surface area (Å²) in [5, 5.41) is 6.85. The molecule has 1 aromatic carbocycles. The van der Waals surface area contributed by atoms with Crippen LogP contribution in [-0.4, -0.2) is 23.3 Å². The van der Waals surface area contributed by atoms with Gasteiger partial charge in [-0.2, -0.15) is 4.98 Å². The first kappa shape index (κ1) is 13.1. The standard InChI is InChI=1S/C14H15N3O2/c1-2-9-18-13-6-4-3-5-12(13)10-15-8-7-14-16-11-17-19-14/h1,3-6,11,15H,7-10H2. The number of benzene rings is 1. The molecule has 0 atom stereocenters. The Hall–Kier alpha value is -2.32. The molecule has 0 spiro atoms. The van der Waals surface area contributed by atoms with E-state index in [0.717, 1.165) is 17.9 Å². The lowest BCUT2D eigenvalue weighted by atomic mass is 10.2. The zero-order chi connectivity index (χ0) is 13.3. The molecule has 0 unspecified atom stereocenters. The predicted octanol–water partition coefficient (Wildman–Crippen LogP) is 1.41. The van der Waals surface area contributed by atoms with Crippen molar-refractivity contribution in [2.45, 2.75) is 13.0 Å². The molecule has 2 aromatic rings. The molecule has 0 bridgehead atoms. The highest BCUT2D eigenvalue weighted by atomic mass is 16.5. The van der Waals surface area contributed by atoms with Crippen molar-refractivity contribution in [2.24, 2.45) is 0 Å². The fourth-order valence-corrected chi connectivity index (χ4v) is 1.63. The first-order valence-electron chi connectivity index (χ1n) is 6.00. The maximum atomic E-state index is 5.47. The summed E-state index contributed by atoms with van der Waals surface area (Å²) in [6.45, 7) is 1.74. The van der Waals surface area contributed by atoms with Gasteiger partial charge in [0.2, 0.25) is 5.89 Å². The van der Waals surface area contributed by atoms with Gasteiger partial charge in [-0.25, -0.2) is 0 Å². The van der Waals surface area contributed by atoms with Crippen LogP contribution in [0.4, 0.5) is 0 Å². The molecule has 1 N–H and O–H groups in total. The normalized spacial score (nSPS) is 10.1. The lowest BCUT2D eigenvalue weighted by Crippen LogP contribution is -2.17. The van der Waals surface area contributed by atoms with E-state index < -0.39 is 0 Å².